The lowest BCUT2D eigenvalue weighted by Crippen LogP contribution is -1.86. The first kappa shape index (κ1) is 12.6. The highest BCUT2D eigenvalue weighted by atomic mass is 32.1. The fourth-order valence-corrected chi connectivity index (χ4v) is 2.60. The monoisotopic (exact) mass is 280 g/mol. The molecule has 2 nitrogen and oxygen atoms in total. The van der Waals surface area contributed by atoms with Gasteiger partial charge in [0, 0.05) is 17.0 Å². The molecule has 2 aromatic carbocycles. The molecule has 0 aliphatic rings. The average molecular weight is 280 g/mol. The van der Waals surface area contributed by atoms with Crippen molar-refractivity contribution in [2.24, 2.45) is 0 Å². The summed E-state index contributed by atoms with van der Waals surface area (Å²) in [5.41, 5.74) is 2.14. The molecule has 0 saturated carbocycles. The van der Waals surface area contributed by atoms with Gasteiger partial charge in [-0.3, -0.25) is 4.79 Å². The zero-order valence-corrected chi connectivity index (χ0v) is 11.5. The maximum absolute atomic E-state index is 10.7. The molecule has 0 atom stereocenters. The molecule has 0 spiro atoms. The quantitative estimate of drug-likeness (QED) is 0.627. The molecule has 0 radical (unpaired) electrons. The molecule has 98 valence electrons. The number of aldehydes is 1. The largest absolute Gasteiger partial charge is 0.456 e. The van der Waals surface area contributed by atoms with E-state index in [0.717, 1.165) is 23.2 Å². The second-order valence-electron chi connectivity index (χ2n) is 4.27. The van der Waals surface area contributed by atoms with Gasteiger partial charge in [-0.2, -0.15) is 0 Å². The van der Waals surface area contributed by atoms with Crippen LogP contribution in [0.2, 0.25) is 0 Å². The van der Waals surface area contributed by atoms with Gasteiger partial charge in [0.25, 0.3) is 0 Å². The molecule has 1 heterocycles. The molecular formula is C17H12O2S. The normalized spacial score (nSPS) is 10.2. The van der Waals surface area contributed by atoms with Gasteiger partial charge < -0.3 is 4.74 Å². The van der Waals surface area contributed by atoms with Crippen molar-refractivity contribution >= 4 is 17.6 Å². The molecule has 0 unspecified atom stereocenters. The summed E-state index contributed by atoms with van der Waals surface area (Å²) in [4.78, 5) is 11.4. The second-order valence-corrected chi connectivity index (χ2v) is 5.21. The van der Waals surface area contributed by atoms with Crippen molar-refractivity contribution in [2.45, 2.75) is 0 Å². The van der Waals surface area contributed by atoms with Crippen molar-refractivity contribution < 1.29 is 9.53 Å². The van der Waals surface area contributed by atoms with Gasteiger partial charge in [0.2, 0.25) is 0 Å². The maximum atomic E-state index is 10.7. The first-order valence-electron chi connectivity index (χ1n) is 6.23. The van der Waals surface area contributed by atoms with Gasteiger partial charge in [-0.05, 0) is 11.6 Å². The number of rotatable bonds is 4. The van der Waals surface area contributed by atoms with E-state index in [-0.39, 0.29) is 0 Å². The summed E-state index contributed by atoms with van der Waals surface area (Å²) < 4.78 is 5.90. The summed E-state index contributed by atoms with van der Waals surface area (Å²) in [6, 6.07) is 19.7. The molecule has 1 aromatic heterocycles. The first-order chi connectivity index (χ1) is 9.86. The molecule has 0 bridgehead atoms. The minimum atomic E-state index is 0.664. The molecule has 0 fully saturated rings. The lowest BCUT2D eigenvalue weighted by Gasteiger charge is -2.09. The van der Waals surface area contributed by atoms with Crippen molar-refractivity contribution in [3.05, 3.63) is 70.9 Å². The highest BCUT2D eigenvalue weighted by Crippen LogP contribution is 2.34. The number of benzene rings is 2. The maximum Gasteiger partial charge on any atom is 0.160 e. The molecule has 0 aliphatic heterocycles. The molecule has 0 N–H and O–H groups in total. The summed E-state index contributed by atoms with van der Waals surface area (Å²) in [5, 5.41) is 1.84. The minimum absolute atomic E-state index is 0.664. The third-order valence-corrected chi connectivity index (χ3v) is 3.75. The van der Waals surface area contributed by atoms with E-state index in [2.05, 4.69) is 0 Å². The Kier molecular flexibility index (Phi) is 3.61. The van der Waals surface area contributed by atoms with E-state index in [1.807, 2.05) is 60.0 Å². The van der Waals surface area contributed by atoms with Gasteiger partial charge in [0.1, 0.15) is 11.5 Å². The average Bonchev–Trinajstić information content (AvgIpc) is 2.96. The highest BCUT2D eigenvalue weighted by Gasteiger charge is 2.07. The molecule has 20 heavy (non-hydrogen) atoms. The van der Waals surface area contributed by atoms with E-state index in [1.54, 1.807) is 6.07 Å². The van der Waals surface area contributed by atoms with Crippen LogP contribution in [0, 0.1) is 0 Å². The number of carbonyl (C=O) groups is 1. The van der Waals surface area contributed by atoms with Gasteiger partial charge in [0.15, 0.2) is 6.29 Å². The van der Waals surface area contributed by atoms with Crippen LogP contribution in [-0.4, -0.2) is 6.29 Å². The lowest BCUT2D eigenvalue weighted by molar-refractivity contribution is 0.112. The minimum Gasteiger partial charge on any atom is -0.456 e. The van der Waals surface area contributed by atoms with Crippen LogP contribution in [0.25, 0.3) is 11.1 Å². The third-order valence-electron chi connectivity index (χ3n) is 2.91. The number of ether oxygens (including phenoxy) is 1. The third kappa shape index (κ3) is 2.63. The Bertz CT molecular complexity index is 717. The van der Waals surface area contributed by atoms with Gasteiger partial charge >= 0.3 is 0 Å². The Morgan fingerprint density at radius 3 is 2.45 bits per heavy atom. The zero-order chi connectivity index (χ0) is 13.8. The number of carbonyl (C=O) groups excluding carboxylic acids is 1. The van der Waals surface area contributed by atoms with Crippen molar-refractivity contribution in [1.82, 2.24) is 0 Å². The summed E-state index contributed by atoms with van der Waals surface area (Å²) in [6.07, 6.45) is 0.834. The van der Waals surface area contributed by atoms with Crippen molar-refractivity contribution in [3.8, 4) is 22.6 Å². The van der Waals surface area contributed by atoms with E-state index >= 15 is 0 Å². The van der Waals surface area contributed by atoms with E-state index in [1.165, 1.54) is 11.3 Å². The van der Waals surface area contributed by atoms with Crippen LogP contribution in [0.5, 0.6) is 11.5 Å². The highest BCUT2D eigenvalue weighted by molar-refractivity contribution is 7.11. The predicted molar refractivity (Wildman–Crippen MR) is 81.7 cm³/mol. The number of para-hydroxylation sites is 1. The number of hydrogen-bond acceptors (Lipinski definition) is 3. The van der Waals surface area contributed by atoms with Crippen LogP contribution in [0.15, 0.2) is 66.0 Å². The Labute approximate surface area is 121 Å². The zero-order valence-electron chi connectivity index (χ0n) is 10.7. The van der Waals surface area contributed by atoms with E-state index in [4.69, 9.17) is 4.74 Å². The van der Waals surface area contributed by atoms with Crippen LogP contribution in [-0.2, 0) is 0 Å². The smallest absolute Gasteiger partial charge is 0.160 e. The van der Waals surface area contributed by atoms with Gasteiger partial charge in [-0.25, -0.2) is 0 Å². The predicted octanol–water partition coefficient (Wildman–Crippen LogP) is 5.02. The summed E-state index contributed by atoms with van der Waals surface area (Å²) in [5.74, 6) is 1.48. The summed E-state index contributed by atoms with van der Waals surface area (Å²) >= 11 is 1.38. The van der Waals surface area contributed by atoms with E-state index in [9.17, 15) is 4.79 Å². The Hall–Kier alpha value is -2.39. The lowest BCUT2D eigenvalue weighted by atomic mass is 10.1. The molecule has 3 rings (SSSR count). The van der Waals surface area contributed by atoms with Crippen molar-refractivity contribution in [3.63, 3.8) is 0 Å². The van der Waals surface area contributed by atoms with E-state index in [0.29, 0.717) is 10.6 Å². The summed E-state index contributed by atoms with van der Waals surface area (Å²) in [6.45, 7) is 0. The fraction of sp³-hybridized carbons (Fsp3) is 0. The van der Waals surface area contributed by atoms with Crippen molar-refractivity contribution in [2.75, 3.05) is 0 Å². The Morgan fingerprint density at radius 1 is 0.950 bits per heavy atom. The van der Waals surface area contributed by atoms with Gasteiger partial charge in [0.05, 0.1) is 4.88 Å². The first-order valence-corrected chi connectivity index (χ1v) is 7.11. The van der Waals surface area contributed by atoms with E-state index < -0.39 is 0 Å². The second kappa shape index (κ2) is 5.72. The Morgan fingerprint density at radius 2 is 1.70 bits per heavy atom. The molecule has 0 amide bonds. The van der Waals surface area contributed by atoms with Gasteiger partial charge in [-0.1, -0.05) is 48.5 Å². The van der Waals surface area contributed by atoms with Gasteiger partial charge in [-0.15, -0.1) is 11.3 Å². The summed E-state index contributed by atoms with van der Waals surface area (Å²) in [7, 11) is 0. The van der Waals surface area contributed by atoms with Crippen LogP contribution in [0.1, 0.15) is 9.67 Å². The molecule has 0 aliphatic carbocycles. The standard InChI is InChI=1S/C17H12O2S/c18-11-15-10-14(12-20-15)19-17-9-5-4-8-16(17)13-6-2-1-3-7-13/h1-12H. The molecule has 3 aromatic rings. The molecular weight excluding hydrogens is 268 g/mol. The Balaban J connectivity index is 1.96. The molecule has 0 saturated heterocycles. The SMILES string of the molecule is O=Cc1cc(Oc2ccccc2-c2ccccc2)cs1. The van der Waals surface area contributed by atoms with Crippen molar-refractivity contribution in [1.29, 1.82) is 0 Å². The number of hydrogen-bond donors (Lipinski definition) is 0. The van der Waals surface area contributed by atoms with Crippen LogP contribution >= 0.6 is 11.3 Å². The number of thiophene rings is 1. The fourth-order valence-electron chi connectivity index (χ4n) is 1.99. The van der Waals surface area contributed by atoms with Crippen LogP contribution < -0.4 is 4.74 Å². The molecule has 3 heteroatoms. The van der Waals surface area contributed by atoms with Crippen LogP contribution in [0.3, 0.4) is 0 Å². The van der Waals surface area contributed by atoms with Crippen LogP contribution in [0.4, 0.5) is 0 Å². The topological polar surface area (TPSA) is 26.3 Å².